The number of nitrogens with zero attached hydrogens (tertiary/aromatic N) is 3. The van der Waals surface area contributed by atoms with Gasteiger partial charge in [-0.15, -0.1) is 0 Å². The van der Waals surface area contributed by atoms with E-state index in [2.05, 4.69) is 20.7 Å². The number of hydrogen-bond acceptors (Lipinski definition) is 6. The molecular formula is C15H20N4O2S. The molecular weight excluding hydrogens is 300 g/mol. The van der Waals surface area contributed by atoms with Crippen molar-refractivity contribution in [3.05, 3.63) is 11.3 Å². The Morgan fingerprint density at radius 2 is 2.14 bits per heavy atom. The molecule has 0 bridgehead atoms. The summed E-state index contributed by atoms with van der Waals surface area (Å²) in [5.41, 5.74) is 1.42. The first-order valence-electron chi connectivity index (χ1n) is 7.70. The summed E-state index contributed by atoms with van der Waals surface area (Å²) in [4.78, 5) is 14.1. The summed E-state index contributed by atoms with van der Waals surface area (Å²) in [5, 5.41) is 23.2. The van der Waals surface area contributed by atoms with Crippen LogP contribution in [0.1, 0.15) is 36.9 Å². The number of aryl methyl sites for hydroxylation is 1. The van der Waals surface area contributed by atoms with Gasteiger partial charge in [0.05, 0.1) is 5.69 Å². The Balaban J connectivity index is 1.57. The summed E-state index contributed by atoms with van der Waals surface area (Å²) in [6.07, 6.45) is 2.64. The molecule has 1 amide bonds. The number of rotatable bonds is 4. The van der Waals surface area contributed by atoms with Crippen LogP contribution in [-0.4, -0.2) is 40.6 Å². The second-order valence-electron chi connectivity index (χ2n) is 6.11. The van der Waals surface area contributed by atoms with E-state index in [4.69, 9.17) is 0 Å². The highest BCUT2D eigenvalue weighted by Gasteiger charge is 2.33. The lowest BCUT2D eigenvalue weighted by Gasteiger charge is -2.34. The highest BCUT2D eigenvalue weighted by Crippen LogP contribution is 2.32. The summed E-state index contributed by atoms with van der Waals surface area (Å²) < 4.78 is 4.25. The minimum atomic E-state index is -0.915. The fourth-order valence-corrected chi connectivity index (χ4v) is 3.75. The summed E-state index contributed by atoms with van der Waals surface area (Å²) in [5.74, 6) is -0.234. The minimum absolute atomic E-state index is 0.00504. The largest absolute Gasteiger partial charge is 0.383 e. The molecule has 22 heavy (non-hydrogen) atoms. The zero-order valence-electron chi connectivity index (χ0n) is 12.6. The summed E-state index contributed by atoms with van der Waals surface area (Å²) in [7, 11) is 0. The van der Waals surface area contributed by atoms with Gasteiger partial charge in [-0.1, -0.05) is 0 Å². The maximum atomic E-state index is 11.9. The number of aromatic nitrogens is 1. The van der Waals surface area contributed by atoms with Gasteiger partial charge in [0.15, 0.2) is 0 Å². The third-order valence-corrected chi connectivity index (χ3v) is 5.42. The third kappa shape index (κ3) is 3.08. The topological polar surface area (TPSA) is 89.2 Å². The highest BCUT2D eigenvalue weighted by molar-refractivity contribution is 7.10. The predicted molar refractivity (Wildman–Crippen MR) is 83.7 cm³/mol. The third-order valence-electron chi connectivity index (χ3n) is 4.42. The number of carbonyl (C=O) groups excluding carboxylic acids is 1. The zero-order chi connectivity index (χ0) is 15.7. The molecule has 1 aromatic rings. The van der Waals surface area contributed by atoms with Gasteiger partial charge >= 0.3 is 0 Å². The molecule has 2 aliphatic rings. The first-order chi connectivity index (χ1) is 10.6. The van der Waals surface area contributed by atoms with Gasteiger partial charge in [0.1, 0.15) is 22.7 Å². The molecule has 0 aromatic carbocycles. The lowest BCUT2D eigenvalue weighted by Crippen LogP contribution is -2.45. The minimum Gasteiger partial charge on any atom is -0.383 e. The van der Waals surface area contributed by atoms with Crippen molar-refractivity contribution in [1.29, 1.82) is 5.26 Å². The van der Waals surface area contributed by atoms with E-state index in [-0.39, 0.29) is 17.9 Å². The van der Waals surface area contributed by atoms with Crippen LogP contribution in [0.2, 0.25) is 0 Å². The van der Waals surface area contributed by atoms with E-state index in [9.17, 15) is 15.2 Å². The monoisotopic (exact) mass is 320 g/mol. The van der Waals surface area contributed by atoms with Crippen LogP contribution >= 0.6 is 11.5 Å². The number of aliphatic hydroxyl groups excluding tert-OH is 1. The van der Waals surface area contributed by atoms with Crippen LogP contribution in [0.4, 0.5) is 5.00 Å². The van der Waals surface area contributed by atoms with Gasteiger partial charge in [0.25, 0.3) is 0 Å². The van der Waals surface area contributed by atoms with Crippen molar-refractivity contribution in [3.63, 3.8) is 0 Å². The molecule has 1 aromatic heterocycles. The first kappa shape index (κ1) is 15.3. The highest BCUT2D eigenvalue weighted by atomic mass is 32.1. The van der Waals surface area contributed by atoms with E-state index in [1.807, 2.05) is 6.92 Å². The van der Waals surface area contributed by atoms with Crippen LogP contribution in [-0.2, 0) is 4.79 Å². The van der Waals surface area contributed by atoms with Crippen molar-refractivity contribution in [2.75, 3.05) is 18.0 Å². The Bertz CT molecular complexity index is 597. The van der Waals surface area contributed by atoms with Gasteiger partial charge in [-0.2, -0.15) is 9.64 Å². The van der Waals surface area contributed by atoms with Crippen LogP contribution in [0, 0.1) is 24.2 Å². The fourth-order valence-electron chi connectivity index (χ4n) is 2.85. The van der Waals surface area contributed by atoms with Crippen LogP contribution in [0.5, 0.6) is 0 Å². The molecule has 0 spiro atoms. The summed E-state index contributed by atoms with van der Waals surface area (Å²) in [6, 6.07) is 2.49. The summed E-state index contributed by atoms with van der Waals surface area (Å²) >= 11 is 1.35. The number of carbonyl (C=O) groups is 1. The smallest absolute Gasteiger partial charge is 0.249 e. The van der Waals surface area contributed by atoms with Crippen molar-refractivity contribution in [3.8, 4) is 6.07 Å². The van der Waals surface area contributed by atoms with Gasteiger partial charge in [-0.05, 0) is 50.1 Å². The first-order valence-corrected chi connectivity index (χ1v) is 8.47. The van der Waals surface area contributed by atoms with E-state index in [0.29, 0.717) is 5.56 Å². The Morgan fingerprint density at radius 3 is 2.73 bits per heavy atom. The lowest BCUT2D eigenvalue weighted by atomic mass is 9.90. The SMILES string of the molecule is Cc1nsc(N2CCC(C(O)C(=O)NC3CC3)CC2)c1C#N. The number of nitrogens with one attached hydrogen (secondary N) is 1. The Labute approximate surface area is 133 Å². The molecule has 2 heterocycles. The molecule has 1 saturated carbocycles. The van der Waals surface area contributed by atoms with E-state index >= 15 is 0 Å². The average Bonchev–Trinajstić information content (AvgIpc) is 3.26. The molecule has 2 fully saturated rings. The van der Waals surface area contributed by atoms with E-state index in [0.717, 1.165) is 49.5 Å². The molecule has 2 N–H and O–H groups in total. The van der Waals surface area contributed by atoms with Crippen molar-refractivity contribution >= 4 is 22.4 Å². The van der Waals surface area contributed by atoms with Crippen molar-refractivity contribution in [1.82, 2.24) is 9.69 Å². The van der Waals surface area contributed by atoms with Gasteiger partial charge in [0, 0.05) is 19.1 Å². The molecule has 7 heteroatoms. The van der Waals surface area contributed by atoms with Gasteiger partial charge in [-0.3, -0.25) is 4.79 Å². The van der Waals surface area contributed by atoms with Crippen molar-refractivity contribution < 1.29 is 9.90 Å². The number of amides is 1. The number of piperidine rings is 1. The number of anilines is 1. The molecule has 1 aliphatic heterocycles. The standard InChI is InChI=1S/C15H20N4O2S/c1-9-12(8-16)15(22-18-9)19-6-4-10(5-7-19)13(20)14(21)17-11-2-3-11/h10-11,13,20H,2-7H2,1H3,(H,17,21). The van der Waals surface area contributed by atoms with Gasteiger partial charge in [0.2, 0.25) is 5.91 Å². The van der Waals surface area contributed by atoms with E-state index in [1.165, 1.54) is 11.5 Å². The van der Waals surface area contributed by atoms with Crippen LogP contribution in [0.15, 0.2) is 0 Å². The molecule has 118 valence electrons. The van der Waals surface area contributed by atoms with Crippen molar-refractivity contribution in [2.45, 2.75) is 44.8 Å². The quantitative estimate of drug-likeness (QED) is 0.869. The Kier molecular flexibility index (Phi) is 4.32. The number of nitriles is 1. The zero-order valence-corrected chi connectivity index (χ0v) is 13.4. The molecule has 0 radical (unpaired) electrons. The molecule has 1 aliphatic carbocycles. The van der Waals surface area contributed by atoms with Crippen LogP contribution < -0.4 is 10.2 Å². The number of hydrogen-bond donors (Lipinski definition) is 2. The van der Waals surface area contributed by atoms with Crippen LogP contribution in [0.25, 0.3) is 0 Å². The van der Waals surface area contributed by atoms with Crippen molar-refractivity contribution in [2.24, 2.45) is 5.92 Å². The van der Waals surface area contributed by atoms with E-state index in [1.54, 1.807) is 0 Å². The number of aliphatic hydroxyl groups is 1. The molecule has 6 nitrogen and oxygen atoms in total. The Morgan fingerprint density at radius 1 is 1.45 bits per heavy atom. The summed E-state index contributed by atoms with van der Waals surface area (Å²) in [6.45, 7) is 3.33. The second-order valence-corrected chi connectivity index (χ2v) is 6.86. The molecule has 1 atom stereocenters. The Hall–Kier alpha value is -1.65. The second kappa shape index (κ2) is 6.23. The predicted octanol–water partition coefficient (Wildman–Crippen LogP) is 1.18. The molecule has 3 rings (SSSR count). The fraction of sp³-hybridized carbons (Fsp3) is 0.667. The average molecular weight is 320 g/mol. The van der Waals surface area contributed by atoms with Gasteiger partial charge in [-0.25, -0.2) is 0 Å². The molecule has 1 unspecified atom stereocenters. The maximum absolute atomic E-state index is 11.9. The molecule has 1 saturated heterocycles. The van der Waals surface area contributed by atoms with Gasteiger partial charge < -0.3 is 15.3 Å². The maximum Gasteiger partial charge on any atom is 0.249 e. The van der Waals surface area contributed by atoms with Crippen LogP contribution in [0.3, 0.4) is 0 Å². The van der Waals surface area contributed by atoms with E-state index < -0.39 is 6.10 Å². The lowest BCUT2D eigenvalue weighted by molar-refractivity contribution is -0.132. The normalized spacial score (nSPS) is 20.5.